The van der Waals surface area contributed by atoms with E-state index in [-0.39, 0.29) is 6.42 Å². The summed E-state index contributed by atoms with van der Waals surface area (Å²) in [6.07, 6.45) is 4.52. The van der Waals surface area contributed by atoms with Gasteiger partial charge in [-0.3, -0.25) is 0 Å². The molecule has 5 nitrogen and oxygen atoms in total. The van der Waals surface area contributed by atoms with Crippen molar-refractivity contribution in [3.8, 4) is 12.1 Å². The summed E-state index contributed by atoms with van der Waals surface area (Å²) in [5, 5.41) is 30.1. The summed E-state index contributed by atoms with van der Waals surface area (Å²) in [7, 11) is 0. The van der Waals surface area contributed by atoms with Crippen LogP contribution in [-0.2, 0) is 10.3 Å². The van der Waals surface area contributed by atoms with E-state index in [1.165, 1.54) is 6.08 Å². The van der Waals surface area contributed by atoms with Gasteiger partial charge in [0, 0.05) is 18.2 Å². The normalized spacial score (nSPS) is 12.5. The van der Waals surface area contributed by atoms with Gasteiger partial charge < -0.3 is 9.67 Å². The number of hydrogen-bond acceptors (Lipinski definition) is 3. The van der Waals surface area contributed by atoms with Crippen molar-refractivity contribution >= 4 is 16.9 Å². The lowest BCUT2D eigenvalue weighted by Gasteiger charge is -2.31. The number of carbonyl (C=O) groups is 1. The summed E-state index contributed by atoms with van der Waals surface area (Å²) in [4.78, 5) is 10.9. The van der Waals surface area contributed by atoms with E-state index >= 15 is 0 Å². The summed E-state index contributed by atoms with van der Waals surface area (Å²) in [6, 6.07) is 23.1. The second-order valence-electron chi connectivity index (χ2n) is 6.17. The SMILES string of the molecule is N#CC(C#N)(C(C/C=C/C(=O)O)c1ccccc1)n1ccc2ccccc21. The molecule has 1 atom stereocenters. The number of benzene rings is 2. The number of aromatic nitrogens is 1. The fraction of sp³-hybridized carbons (Fsp3) is 0.136. The number of nitriles is 2. The molecular weight excluding hydrogens is 338 g/mol. The molecule has 1 unspecified atom stereocenters. The molecule has 132 valence electrons. The molecule has 0 aliphatic carbocycles. The summed E-state index contributed by atoms with van der Waals surface area (Å²) in [5.41, 5.74) is 0.0602. The van der Waals surface area contributed by atoms with Crippen molar-refractivity contribution < 1.29 is 9.90 Å². The Morgan fingerprint density at radius 1 is 1.07 bits per heavy atom. The maximum atomic E-state index is 10.9. The van der Waals surface area contributed by atoms with Crippen molar-refractivity contribution in [1.29, 1.82) is 10.5 Å². The summed E-state index contributed by atoms with van der Waals surface area (Å²) in [5.74, 6) is -1.60. The third-order valence-corrected chi connectivity index (χ3v) is 4.66. The molecule has 1 heterocycles. The van der Waals surface area contributed by atoms with Gasteiger partial charge in [-0.25, -0.2) is 4.79 Å². The van der Waals surface area contributed by atoms with E-state index in [1.807, 2.05) is 60.7 Å². The molecule has 3 rings (SSSR count). The zero-order valence-electron chi connectivity index (χ0n) is 14.5. The predicted molar refractivity (Wildman–Crippen MR) is 102 cm³/mol. The molecule has 0 amide bonds. The highest BCUT2D eigenvalue weighted by Crippen LogP contribution is 2.39. The molecular formula is C22H17N3O2. The second-order valence-corrected chi connectivity index (χ2v) is 6.17. The Balaban J connectivity index is 2.20. The number of para-hydroxylation sites is 1. The van der Waals surface area contributed by atoms with Crippen LogP contribution in [0.3, 0.4) is 0 Å². The van der Waals surface area contributed by atoms with Gasteiger partial charge in [0.25, 0.3) is 0 Å². The Morgan fingerprint density at radius 2 is 1.74 bits per heavy atom. The fourth-order valence-electron chi connectivity index (χ4n) is 3.39. The van der Waals surface area contributed by atoms with Crippen molar-refractivity contribution in [2.75, 3.05) is 0 Å². The van der Waals surface area contributed by atoms with E-state index in [1.54, 1.807) is 10.8 Å². The van der Waals surface area contributed by atoms with Crippen LogP contribution in [-0.4, -0.2) is 15.6 Å². The van der Waals surface area contributed by atoms with Crippen LogP contribution in [0.2, 0.25) is 0 Å². The van der Waals surface area contributed by atoms with E-state index in [9.17, 15) is 15.3 Å². The molecule has 0 spiro atoms. The van der Waals surface area contributed by atoms with Crippen LogP contribution in [0.4, 0.5) is 0 Å². The van der Waals surface area contributed by atoms with Crippen LogP contribution < -0.4 is 0 Å². The second kappa shape index (κ2) is 7.59. The largest absolute Gasteiger partial charge is 0.478 e. The first-order valence-corrected chi connectivity index (χ1v) is 8.46. The van der Waals surface area contributed by atoms with E-state index in [2.05, 4.69) is 12.1 Å². The van der Waals surface area contributed by atoms with Crippen LogP contribution in [0.25, 0.3) is 10.9 Å². The highest BCUT2D eigenvalue weighted by atomic mass is 16.4. The molecule has 1 aromatic heterocycles. The predicted octanol–water partition coefficient (Wildman–Crippen LogP) is 4.20. The molecule has 0 radical (unpaired) electrons. The Hall–Kier alpha value is -3.83. The van der Waals surface area contributed by atoms with Crippen LogP contribution in [0.15, 0.2) is 79.0 Å². The van der Waals surface area contributed by atoms with Crippen LogP contribution >= 0.6 is 0 Å². The highest BCUT2D eigenvalue weighted by Gasteiger charge is 2.42. The molecule has 27 heavy (non-hydrogen) atoms. The van der Waals surface area contributed by atoms with Crippen LogP contribution in [0.1, 0.15) is 17.9 Å². The number of fused-ring (bicyclic) bond motifs is 1. The molecule has 2 aromatic carbocycles. The van der Waals surface area contributed by atoms with Crippen molar-refractivity contribution in [3.05, 3.63) is 84.6 Å². The number of hydrogen-bond donors (Lipinski definition) is 1. The molecule has 0 aliphatic heterocycles. The molecule has 0 fully saturated rings. The first-order valence-electron chi connectivity index (χ1n) is 8.46. The highest BCUT2D eigenvalue weighted by molar-refractivity contribution is 5.81. The summed E-state index contributed by atoms with van der Waals surface area (Å²) >= 11 is 0. The minimum absolute atomic E-state index is 0.240. The third-order valence-electron chi connectivity index (χ3n) is 4.66. The summed E-state index contributed by atoms with van der Waals surface area (Å²) < 4.78 is 1.69. The first kappa shape index (κ1) is 18.0. The van der Waals surface area contributed by atoms with Gasteiger partial charge in [0.1, 0.15) is 12.1 Å². The van der Waals surface area contributed by atoms with Gasteiger partial charge in [-0.15, -0.1) is 0 Å². The maximum absolute atomic E-state index is 10.9. The van der Waals surface area contributed by atoms with Gasteiger partial charge in [-0.2, -0.15) is 10.5 Å². The van der Waals surface area contributed by atoms with Gasteiger partial charge in [0.15, 0.2) is 0 Å². The Kier molecular flexibility index (Phi) is 5.06. The van der Waals surface area contributed by atoms with Gasteiger partial charge in [-0.1, -0.05) is 54.6 Å². The smallest absolute Gasteiger partial charge is 0.327 e. The lowest BCUT2D eigenvalue weighted by atomic mass is 9.78. The summed E-state index contributed by atoms with van der Waals surface area (Å²) in [6.45, 7) is 0. The molecule has 0 bridgehead atoms. The van der Waals surface area contributed by atoms with Gasteiger partial charge in [-0.05, 0) is 29.5 Å². The molecule has 1 N–H and O–H groups in total. The van der Waals surface area contributed by atoms with Crippen LogP contribution in [0.5, 0.6) is 0 Å². The fourth-order valence-corrected chi connectivity index (χ4v) is 3.39. The average Bonchev–Trinajstić information content (AvgIpc) is 3.13. The van der Waals surface area contributed by atoms with Crippen LogP contribution in [0, 0.1) is 22.7 Å². The number of allylic oxidation sites excluding steroid dienone is 1. The standard InChI is InChI=1S/C22H17N3O2/c23-15-22(16-24,25-14-13-18-9-4-5-11-20(18)25)19(10-6-12-21(26)27)17-7-2-1-3-8-17/h1-9,11-14,19H,10H2,(H,26,27)/b12-6+. The molecule has 5 heteroatoms. The zero-order valence-corrected chi connectivity index (χ0v) is 14.5. The van der Waals surface area contributed by atoms with E-state index in [0.29, 0.717) is 0 Å². The van der Waals surface area contributed by atoms with Gasteiger partial charge >= 0.3 is 5.97 Å². The Morgan fingerprint density at radius 3 is 2.41 bits per heavy atom. The maximum Gasteiger partial charge on any atom is 0.327 e. The van der Waals surface area contributed by atoms with E-state index in [4.69, 9.17) is 5.11 Å². The van der Waals surface area contributed by atoms with Crippen molar-refractivity contribution in [3.63, 3.8) is 0 Å². The van der Waals surface area contributed by atoms with Crippen molar-refractivity contribution in [1.82, 2.24) is 4.57 Å². The van der Waals surface area contributed by atoms with Crippen molar-refractivity contribution in [2.24, 2.45) is 0 Å². The first-order chi connectivity index (χ1) is 13.1. The molecule has 0 aliphatic rings. The average molecular weight is 355 g/mol. The minimum atomic E-state index is -1.52. The number of carboxylic acid groups (broad SMARTS) is 1. The topological polar surface area (TPSA) is 89.8 Å². The minimum Gasteiger partial charge on any atom is -0.478 e. The van der Waals surface area contributed by atoms with Crippen molar-refractivity contribution in [2.45, 2.75) is 17.9 Å². The molecule has 3 aromatic rings. The van der Waals surface area contributed by atoms with E-state index < -0.39 is 17.4 Å². The zero-order chi connectivity index (χ0) is 19.3. The number of aliphatic carboxylic acids is 1. The Labute approximate surface area is 157 Å². The van der Waals surface area contributed by atoms with Gasteiger partial charge in [0.2, 0.25) is 5.54 Å². The number of rotatable bonds is 6. The molecule has 0 saturated heterocycles. The third kappa shape index (κ3) is 3.31. The van der Waals surface area contributed by atoms with E-state index in [0.717, 1.165) is 22.5 Å². The lowest BCUT2D eigenvalue weighted by Crippen LogP contribution is -2.36. The quantitative estimate of drug-likeness (QED) is 0.671. The lowest BCUT2D eigenvalue weighted by molar-refractivity contribution is -0.131. The number of carboxylic acids is 1. The molecule has 0 saturated carbocycles. The monoisotopic (exact) mass is 355 g/mol. The Bertz CT molecular complexity index is 1050. The van der Waals surface area contributed by atoms with Gasteiger partial charge in [0.05, 0.1) is 5.52 Å². The number of nitrogens with zero attached hydrogens (tertiary/aromatic N) is 3.